The zero-order valence-corrected chi connectivity index (χ0v) is 16.2. The summed E-state index contributed by atoms with van der Waals surface area (Å²) in [4.78, 5) is 12.7. The van der Waals surface area contributed by atoms with Crippen molar-refractivity contribution in [3.63, 3.8) is 0 Å². The molecule has 30 heavy (non-hydrogen) atoms. The second-order valence-electron chi connectivity index (χ2n) is 6.26. The predicted octanol–water partition coefficient (Wildman–Crippen LogP) is 4.11. The van der Waals surface area contributed by atoms with Crippen molar-refractivity contribution in [3.8, 4) is 22.9 Å². The van der Waals surface area contributed by atoms with Crippen LogP contribution in [-0.2, 0) is 0 Å². The average Bonchev–Trinajstić information content (AvgIpc) is 3.32. The van der Waals surface area contributed by atoms with Crippen LogP contribution in [0.5, 0.6) is 17.2 Å². The van der Waals surface area contributed by atoms with Crippen LogP contribution >= 0.6 is 0 Å². The molecule has 1 amide bonds. The van der Waals surface area contributed by atoms with Gasteiger partial charge < -0.3 is 14.8 Å². The smallest absolute Gasteiger partial charge is 0.255 e. The van der Waals surface area contributed by atoms with Crippen molar-refractivity contribution in [3.05, 3.63) is 84.7 Å². The summed E-state index contributed by atoms with van der Waals surface area (Å²) in [7, 11) is 0. The number of aromatic nitrogens is 4. The molecule has 0 aliphatic rings. The topological polar surface area (TPSA) is 91.2 Å². The number of tetrazole rings is 1. The minimum absolute atomic E-state index is 0.249. The molecule has 8 nitrogen and oxygen atoms in total. The summed E-state index contributed by atoms with van der Waals surface area (Å²) >= 11 is 0. The number of carbonyl (C=O) groups excluding carboxylic acids is 1. The third-order valence-corrected chi connectivity index (χ3v) is 4.24. The molecule has 0 aliphatic carbocycles. The number of anilines is 1. The normalized spacial score (nSPS) is 10.4. The van der Waals surface area contributed by atoms with Crippen LogP contribution in [-0.4, -0.2) is 32.7 Å². The number of nitrogens with zero attached hydrogens (tertiary/aromatic N) is 4. The first-order valence-electron chi connectivity index (χ1n) is 9.37. The Morgan fingerprint density at radius 2 is 1.70 bits per heavy atom. The number of ether oxygens (including phenoxy) is 2. The van der Waals surface area contributed by atoms with Gasteiger partial charge >= 0.3 is 0 Å². The van der Waals surface area contributed by atoms with Gasteiger partial charge in [-0.05, 0) is 78.0 Å². The highest BCUT2D eigenvalue weighted by Gasteiger charge is 2.11. The van der Waals surface area contributed by atoms with Crippen LogP contribution in [0.15, 0.2) is 79.1 Å². The summed E-state index contributed by atoms with van der Waals surface area (Å²) < 4.78 is 12.9. The number of amides is 1. The van der Waals surface area contributed by atoms with Gasteiger partial charge in [0.2, 0.25) is 0 Å². The lowest BCUT2D eigenvalue weighted by molar-refractivity contribution is 0.102. The molecule has 8 heteroatoms. The van der Waals surface area contributed by atoms with Crippen LogP contribution in [0.25, 0.3) is 5.69 Å². The molecule has 150 valence electrons. The molecule has 1 heterocycles. The number of para-hydroxylation sites is 2. The molecule has 4 aromatic rings. The van der Waals surface area contributed by atoms with Crippen molar-refractivity contribution >= 4 is 11.6 Å². The van der Waals surface area contributed by atoms with Gasteiger partial charge in [0, 0.05) is 5.56 Å². The van der Waals surface area contributed by atoms with Gasteiger partial charge in [-0.25, -0.2) is 4.68 Å². The molecule has 0 aliphatic heterocycles. The predicted molar refractivity (Wildman–Crippen MR) is 111 cm³/mol. The van der Waals surface area contributed by atoms with E-state index >= 15 is 0 Å². The van der Waals surface area contributed by atoms with E-state index in [1.54, 1.807) is 36.4 Å². The van der Waals surface area contributed by atoms with Gasteiger partial charge in [0.1, 0.15) is 17.8 Å². The fraction of sp³-hybridized carbons (Fsp3) is 0.0909. The number of rotatable bonds is 7. The highest BCUT2D eigenvalue weighted by atomic mass is 16.5. The maximum absolute atomic E-state index is 12.7. The largest absolute Gasteiger partial charge is 0.494 e. The maximum atomic E-state index is 12.7. The molecule has 0 saturated heterocycles. The fourth-order valence-electron chi connectivity index (χ4n) is 2.80. The third kappa shape index (κ3) is 4.44. The van der Waals surface area contributed by atoms with E-state index in [4.69, 9.17) is 9.47 Å². The van der Waals surface area contributed by atoms with E-state index in [2.05, 4.69) is 20.8 Å². The van der Waals surface area contributed by atoms with E-state index in [-0.39, 0.29) is 5.91 Å². The Hall–Kier alpha value is -4.20. The monoisotopic (exact) mass is 401 g/mol. The molecule has 0 atom stereocenters. The molecule has 4 rings (SSSR count). The van der Waals surface area contributed by atoms with Gasteiger partial charge in [-0.2, -0.15) is 0 Å². The van der Waals surface area contributed by atoms with Crippen molar-refractivity contribution in [1.82, 2.24) is 20.2 Å². The van der Waals surface area contributed by atoms with Gasteiger partial charge in [0.25, 0.3) is 5.91 Å². The molecule has 1 aromatic heterocycles. The number of carbonyl (C=O) groups is 1. The third-order valence-electron chi connectivity index (χ3n) is 4.24. The molecule has 0 radical (unpaired) electrons. The fourth-order valence-corrected chi connectivity index (χ4v) is 2.80. The van der Waals surface area contributed by atoms with E-state index in [1.165, 1.54) is 11.0 Å². The number of hydrogen-bond acceptors (Lipinski definition) is 6. The van der Waals surface area contributed by atoms with Crippen LogP contribution in [0.1, 0.15) is 17.3 Å². The maximum Gasteiger partial charge on any atom is 0.255 e. The zero-order valence-electron chi connectivity index (χ0n) is 16.2. The summed E-state index contributed by atoms with van der Waals surface area (Å²) in [5, 5.41) is 13.9. The Labute approximate surface area is 173 Å². The van der Waals surface area contributed by atoms with Gasteiger partial charge in [0.15, 0.2) is 5.75 Å². The quantitative estimate of drug-likeness (QED) is 0.501. The Morgan fingerprint density at radius 3 is 2.40 bits per heavy atom. The summed E-state index contributed by atoms with van der Waals surface area (Å²) in [5.74, 6) is 1.71. The summed E-state index contributed by atoms with van der Waals surface area (Å²) in [6.07, 6.45) is 1.49. The molecule has 3 aromatic carbocycles. The van der Waals surface area contributed by atoms with Crippen molar-refractivity contribution < 1.29 is 14.3 Å². The Kier molecular flexibility index (Phi) is 5.66. The van der Waals surface area contributed by atoms with Crippen molar-refractivity contribution in [1.29, 1.82) is 0 Å². The minimum Gasteiger partial charge on any atom is -0.494 e. The lowest BCUT2D eigenvalue weighted by Crippen LogP contribution is -2.12. The summed E-state index contributed by atoms with van der Waals surface area (Å²) in [6.45, 7) is 2.54. The number of benzene rings is 3. The summed E-state index contributed by atoms with van der Waals surface area (Å²) in [5.41, 5.74) is 1.83. The van der Waals surface area contributed by atoms with Crippen LogP contribution in [0, 0.1) is 0 Å². The van der Waals surface area contributed by atoms with Gasteiger partial charge in [0.05, 0.1) is 18.0 Å². The highest BCUT2D eigenvalue weighted by Crippen LogP contribution is 2.30. The molecular weight excluding hydrogens is 382 g/mol. The Morgan fingerprint density at radius 1 is 0.967 bits per heavy atom. The van der Waals surface area contributed by atoms with Crippen LogP contribution in [0.3, 0.4) is 0 Å². The molecule has 1 N–H and O–H groups in total. The first-order valence-corrected chi connectivity index (χ1v) is 9.37. The van der Waals surface area contributed by atoms with Crippen LogP contribution in [0.4, 0.5) is 5.69 Å². The van der Waals surface area contributed by atoms with Gasteiger partial charge in [-0.3, -0.25) is 4.79 Å². The van der Waals surface area contributed by atoms with E-state index in [9.17, 15) is 4.79 Å². The second kappa shape index (κ2) is 8.87. The molecular formula is C22H19N5O3. The first-order chi connectivity index (χ1) is 14.7. The van der Waals surface area contributed by atoms with E-state index in [0.29, 0.717) is 29.4 Å². The SMILES string of the molecule is CCOc1ccc(Oc2ccccc2NC(=O)c2ccc(-n3cnnn3)cc2)cc1. The summed E-state index contributed by atoms with van der Waals surface area (Å²) in [6, 6.07) is 21.6. The first kappa shape index (κ1) is 19.1. The standard InChI is InChI=1S/C22H19N5O3/c1-2-29-18-11-13-19(14-12-18)30-21-6-4-3-5-20(21)24-22(28)16-7-9-17(10-8-16)27-15-23-25-26-27/h3-15H,2H2,1H3,(H,24,28). The van der Waals surface area contributed by atoms with Gasteiger partial charge in [-0.15, -0.1) is 5.10 Å². The van der Waals surface area contributed by atoms with Crippen molar-refractivity contribution in [2.45, 2.75) is 6.92 Å². The minimum atomic E-state index is -0.249. The molecule has 0 unspecified atom stereocenters. The van der Waals surface area contributed by atoms with Crippen LogP contribution < -0.4 is 14.8 Å². The molecule has 0 fully saturated rings. The molecule has 0 spiro atoms. The zero-order chi connectivity index (χ0) is 20.8. The van der Waals surface area contributed by atoms with Crippen molar-refractivity contribution in [2.75, 3.05) is 11.9 Å². The lowest BCUT2D eigenvalue weighted by Gasteiger charge is -2.13. The highest BCUT2D eigenvalue weighted by molar-refractivity contribution is 6.05. The molecule has 0 bridgehead atoms. The Balaban J connectivity index is 1.47. The number of nitrogens with one attached hydrogen (secondary N) is 1. The van der Waals surface area contributed by atoms with E-state index in [0.717, 1.165) is 11.4 Å². The average molecular weight is 401 g/mol. The second-order valence-corrected chi connectivity index (χ2v) is 6.26. The number of hydrogen-bond donors (Lipinski definition) is 1. The van der Waals surface area contributed by atoms with Gasteiger partial charge in [-0.1, -0.05) is 12.1 Å². The van der Waals surface area contributed by atoms with E-state index < -0.39 is 0 Å². The van der Waals surface area contributed by atoms with Crippen LogP contribution in [0.2, 0.25) is 0 Å². The Bertz CT molecular complexity index is 1110. The molecule has 0 saturated carbocycles. The van der Waals surface area contributed by atoms with Crippen molar-refractivity contribution in [2.24, 2.45) is 0 Å². The van der Waals surface area contributed by atoms with E-state index in [1.807, 2.05) is 43.3 Å². The lowest BCUT2D eigenvalue weighted by atomic mass is 10.2.